The highest BCUT2D eigenvalue weighted by Gasteiger charge is 2.19. The Morgan fingerprint density at radius 3 is 2.50 bits per heavy atom. The molecule has 0 aliphatic rings. The molecule has 0 aliphatic heterocycles. The number of sulfonamides is 1. The third kappa shape index (κ3) is 3.47. The van der Waals surface area contributed by atoms with Gasteiger partial charge >= 0.3 is 0 Å². The second kappa shape index (κ2) is 6.35. The van der Waals surface area contributed by atoms with Crippen molar-refractivity contribution in [3.8, 4) is 0 Å². The van der Waals surface area contributed by atoms with E-state index in [0.29, 0.717) is 16.0 Å². The smallest absolute Gasteiger partial charge is 0.263 e. The molecular weight excluding hydrogens is 385 g/mol. The Balaban J connectivity index is 2.43. The molecule has 0 atom stereocenters. The maximum absolute atomic E-state index is 12.4. The van der Waals surface area contributed by atoms with Gasteiger partial charge in [0.25, 0.3) is 10.0 Å². The molecule has 1 N–H and O–H groups in total. The largest absolute Gasteiger partial charge is 0.279 e. The van der Waals surface area contributed by atoms with E-state index in [-0.39, 0.29) is 9.92 Å². The molecule has 2 rings (SSSR count). The van der Waals surface area contributed by atoms with E-state index >= 15 is 0 Å². The third-order valence-electron chi connectivity index (χ3n) is 2.59. The second-order valence-electron chi connectivity index (χ2n) is 3.97. The molecule has 0 fully saturated rings. The molecule has 2 aromatic carbocycles. The van der Waals surface area contributed by atoms with Crippen LogP contribution in [-0.2, 0) is 15.4 Å². The summed E-state index contributed by atoms with van der Waals surface area (Å²) in [6, 6.07) is 11.4. The van der Waals surface area contributed by atoms with Gasteiger partial charge in [0.15, 0.2) is 0 Å². The summed E-state index contributed by atoms with van der Waals surface area (Å²) >= 11 is 15.1. The zero-order chi connectivity index (χ0) is 14.8. The Morgan fingerprint density at radius 2 is 1.80 bits per heavy atom. The quantitative estimate of drug-likeness (QED) is 0.764. The number of nitrogens with one attached hydrogen (secondary N) is 1. The van der Waals surface area contributed by atoms with E-state index in [9.17, 15) is 8.42 Å². The molecule has 0 aliphatic carbocycles. The van der Waals surface area contributed by atoms with Crippen molar-refractivity contribution in [2.45, 2.75) is 10.2 Å². The van der Waals surface area contributed by atoms with Crippen LogP contribution in [-0.4, -0.2) is 8.42 Å². The van der Waals surface area contributed by atoms with Gasteiger partial charge in [-0.2, -0.15) is 0 Å². The fourth-order valence-electron chi connectivity index (χ4n) is 1.62. The standard InChI is InChI=1S/C13H10BrCl2NO2S/c14-8-9-3-1-2-4-12(9)17-20(18,19)13-7-10(15)5-6-11(13)16/h1-7,17H,8H2. The van der Waals surface area contributed by atoms with Crippen molar-refractivity contribution in [2.75, 3.05) is 4.72 Å². The van der Waals surface area contributed by atoms with Crippen LogP contribution >= 0.6 is 39.1 Å². The maximum Gasteiger partial charge on any atom is 0.263 e. The van der Waals surface area contributed by atoms with Crippen LogP contribution in [0, 0.1) is 0 Å². The first-order valence-electron chi connectivity index (χ1n) is 5.56. The van der Waals surface area contributed by atoms with Gasteiger partial charge < -0.3 is 0 Å². The molecule has 0 aromatic heterocycles. The topological polar surface area (TPSA) is 46.2 Å². The van der Waals surface area contributed by atoms with Gasteiger partial charge in [-0.05, 0) is 29.8 Å². The number of anilines is 1. The molecule has 0 radical (unpaired) electrons. The third-order valence-corrected chi connectivity index (χ3v) is 5.27. The molecule has 0 heterocycles. The number of hydrogen-bond acceptors (Lipinski definition) is 2. The van der Waals surface area contributed by atoms with Crippen LogP contribution in [0.5, 0.6) is 0 Å². The Hall–Kier alpha value is -0.750. The monoisotopic (exact) mass is 393 g/mol. The van der Waals surface area contributed by atoms with Crippen molar-refractivity contribution >= 4 is 54.8 Å². The summed E-state index contributed by atoms with van der Waals surface area (Å²) in [4.78, 5) is -0.0453. The molecule has 3 nitrogen and oxygen atoms in total. The van der Waals surface area contributed by atoms with E-state index in [1.54, 1.807) is 12.1 Å². The molecule has 20 heavy (non-hydrogen) atoms. The van der Waals surface area contributed by atoms with Gasteiger partial charge in [-0.3, -0.25) is 4.72 Å². The lowest BCUT2D eigenvalue weighted by Gasteiger charge is -2.12. The number of para-hydroxylation sites is 1. The zero-order valence-electron chi connectivity index (χ0n) is 10.1. The van der Waals surface area contributed by atoms with Crippen LogP contribution in [0.2, 0.25) is 10.0 Å². The maximum atomic E-state index is 12.4. The van der Waals surface area contributed by atoms with Crippen molar-refractivity contribution in [3.05, 3.63) is 58.1 Å². The van der Waals surface area contributed by atoms with Gasteiger partial charge in [0.2, 0.25) is 0 Å². The minimum Gasteiger partial charge on any atom is -0.279 e. The summed E-state index contributed by atoms with van der Waals surface area (Å²) in [5.41, 5.74) is 1.33. The lowest BCUT2D eigenvalue weighted by atomic mass is 10.2. The van der Waals surface area contributed by atoms with Gasteiger partial charge in [0.05, 0.1) is 10.7 Å². The van der Waals surface area contributed by atoms with Gasteiger partial charge in [-0.25, -0.2) is 8.42 Å². The van der Waals surface area contributed by atoms with Crippen molar-refractivity contribution in [2.24, 2.45) is 0 Å². The minimum atomic E-state index is -3.79. The van der Waals surface area contributed by atoms with Gasteiger partial charge in [-0.1, -0.05) is 57.3 Å². The highest BCUT2D eigenvalue weighted by atomic mass is 79.9. The number of hydrogen-bond donors (Lipinski definition) is 1. The number of halogens is 3. The minimum absolute atomic E-state index is 0.0453. The van der Waals surface area contributed by atoms with Gasteiger partial charge in [-0.15, -0.1) is 0 Å². The highest BCUT2D eigenvalue weighted by molar-refractivity contribution is 9.08. The first-order valence-corrected chi connectivity index (χ1v) is 8.92. The molecule has 0 unspecified atom stereocenters. The lowest BCUT2D eigenvalue weighted by Crippen LogP contribution is -2.14. The van der Waals surface area contributed by atoms with Crippen molar-refractivity contribution in [3.63, 3.8) is 0 Å². The molecule has 7 heteroatoms. The van der Waals surface area contributed by atoms with Crippen LogP contribution < -0.4 is 4.72 Å². The lowest BCUT2D eigenvalue weighted by molar-refractivity contribution is 0.601. The summed E-state index contributed by atoms with van der Waals surface area (Å²) in [6.45, 7) is 0. The van der Waals surface area contributed by atoms with E-state index in [4.69, 9.17) is 23.2 Å². The van der Waals surface area contributed by atoms with E-state index in [1.807, 2.05) is 12.1 Å². The van der Waals surface area contributed by atoms with E-state index in [2.05, 4.69) is 20.7 Å². The van der Waals surface area contributed by atoms with Gasteiger partial charge in [0, 0.05) is 10.4 Å². The molecule has 106 valence electrons. The van der Waals surface area contributed by atoms with Crippen LogP contribution in [0.15, 0.2) is 47.4 Å². The fraction of sp³-hybridized carbons (Fsp3) is 0.0769. The zero-order valence-corrected chi connectivity index (χ0v) is 14.0. The second-order valence-corrected chi connectivity index (χ2v) is 7.03. The average molecular weight is 395 g/mol. The number of benzene rings is 2. The predicted molar refractivity (Wildman–Crippen MR) is 86.3 cm³/mol. The Kier molecular flexibility index (Phi) is 4.96. The van der Waals surface area contributed by atoms with Crippen molar-refractivity contribution in [1.82, 2.24) is 0 Å². The Labute approximate surface area is 136 Å². The summed E-state index contributed by atoms with van der Waals surface area (Å²) < 4.78 is 27.3. The van der Waals surface area contributed by atoms with Gasteiger partial charge in [0.1, 0.15) is 4.90 Å². The van der Waals surface area contributed by atoms with E-state index < -0.39 is 10.0 Å². The van der Waals surface area contributed by atoms with Crippen LogP contribution in [0.25, 0.3) is 0 Å². The summed E-state index contributed by atoms with van der Waals surface area (Å²) in [7, 11) is -3.79. The Bertz CT molecular complexity index is 735. The molecule has 0 saturated carbocycles. The number of alkyl halides is 1. The molecule has 0 bridgehead atoms. The predicted octanol–water partition coefficient (Wildman–Crippen LogP) is 4.69. The molecule has 0 spiro atoms. The van der Waals surface area contributed by atoms with E-state index in [1.165, 1.54) is 18.2 Å². The normalized spacial score (nSPS) is 11.3. The van der Waals surface area contributed by atoms with Crippen LogP contribution in [0.4, 0.5) is 5.69 Å². The number of rotatable bonds is 4. The Morgan fingerprint density at radius 1 is 1.10 bits per heavy atom. The average Bonchev–Trinajstić information content (AvgIpc) is 2.41. The van der Waals surface area contributed by atoms with E-state index in [0.717, 1.165) is 5.56 Å². The first-order chi connectivity index (χ1) is 9.44. The van der Waals surface area contributed by atoms with Crippen LogP contribution in [0.1, 0.15) is 5.56 Å². The molecule has 0 amide bonds. The SMILES string of the molecule is O=S(=O)(Nc1ccccc1CBr)c1cc(Cl)ccc1Cl. The summed E-state index contributed by atoms with van der Waals surface area (Å²) in [5, 5.41) is 0.969. The fourth-order valence-corrected chi connectivity index (χ4v) is 3.97. The van der Waals surface area contributed by atoms with Crippen molar-refractivity contribution in [1.29, 1.82) is 0 Å². The highest BCUT2D eigenvalue weighted by Crippen LogP contribution is 2.28. The first kappa shape index (κ1) is 15.6. The summed E-state index contributed by atoms with van der Waals surface area (Å²) in [5.74, 6) is 0. The molecular formula is C13H10BrCl2NO2S. The summed E-state index contributed by atoms with van der Waals surface area (Å²) in [6.07, 6.45) is 0. The molecule has 2 aromatic rings. The van der Waals surface area contributed by atoms with Crippen molar-refractivity contribution < 1.29 is 8.42 Å². The molecule has 0 saturated heterocycles. The van der Waals surface area contributed by atoms with Crippen LogP contribution in [0.3, 0.4) is 0 Å².